The van der Waals surface area contributed by atoms with Crippen LogP contribution in [-0.4, -0.2) is 16.9 Å². The lowest BCUT2D eigenvalue weighted by atomic mass is 9.32. The fraction of sp³-hybridized carbons (Fsp3) is 0.926. The second kappa shape index (κ2) is 6.13. The number of carbonyl (C=O) groups is 2. The molecule has 0 aromatic rings. The van der Waals surface area contributed by atoms with Crippen molar-refractivity contribution in [3.63, 3.8) is 0 Å². The zero-order valence-electron chi connectivity index (χ0n) is 19.9. The number of carboxylic acid groups (broad SMARTS) is 1. The summed E-state index contributed by atoms with van der Waals surface area (Å²) >= 11 is 0. The number of carboxylic acids is 1. The van der Waals surface area contributed by atoms with Crippen LogP contribution in [0.3, 0.4) is 0 Å². The number of carbonyl (C=O) groups excluding carboxylic acids is 1. The number of fused-ring (bicyclic) bond motifs is 7. The summed E-state index contributed by atoms with van der Waals surface area (Å²) < 4.78 is 0. The number of rotatable bonds is 1. The van der Waals surface area contributed by atoms with Gasteiger partial charge in [0.2, 0.25) is 0 Å². The summed E-state index contributed by atoms with van der Waals surface area (Å²) in [5, 5.41) is 10.2. The van der Waals surface area contributed by atoms with E-state index in [9.17, 15) is 14.7 Å². The molecule has 0 aromatic heterocycles. The minimum absolute atomic E-state index is 0.192. The Morgan fingerprint density at radius 2 is 1.53 bits per heavy atom. The van der Waals surface area contributed by atoms with Crippen LogP contribution in [0.25, 0.3) is 0 Å². The summed E-state index contributed by atoms with van der Waals surface area (Å²) in [7, 11) is 0. The third-order valence-electron chi connectivity index (χ3n) is 12.5. The molecular formula is C27H42O3. The van der Waals surface area contributed by atoms with Crippen LogP contribution in [0, 0.1) is 50.7 Å². The van der Waals surface area contributed by atoms with E-state index in [1.807, 2.05) is 0 Å². The first-order valence-electron chi connectivity index (χ1n) is 12.7. The summed E-state index contributed by atoms with van der Waals surface area (Å²) in [4.78, 5) is 25.2. The molecule has 5 aliphatic carbocycles. The lowest BCUT2D eigenvalue weighted by Crippen LogP contribution is -2.66. The molecular weight excluding hydrogens is 372 g/mol. The zero-order valence-corrected chi connectivity index (χ0v) is 19.9. The van der Waals surface area contributed by atoms with Crippen molar-refractivity contribution in [1.29, 1.82) is 0 Å². The van der Waals surface area contributed by atoms with Crippen molar-refractivity contribution >= 4 is 11.8 Å². The Kier molecular flexibility index (Phi) is 4.29. The summed E-state index contributed by atoms with van der Waals surface area (Å²) in [5.74, 6) is 2.06. The Labute approximate surface area is 182 Å². The fourth-order valence-corrected chi connectivity index (χ4v) is 10.7. The Hall–Kier alpha value is -0.860. The Bertz CT molecular complexity index is 785. The highest BCUT2D eigenvalue weighted by Gasteiger charge is 2.70. The second-order valence-corrected chi connectivity index (χ2v) is 13.3. The van der Waals surface area contributed by atoms with Crippen molar-refractivity contribution in [2.24, 2.45) is 50.7 Å². The standard InChI is InChI=1S/C27H42O3/c1-23(2)19-10-14-26(5)20(24(19,3)13-11-21(23)28)9-8-17-18-7-6-12-27(18,22(29)30)16-15-25(17,26)4/h17-20H,6-16H2,1-5H3,(H,29,30)/t17?,18?,19?,20-,24+,25-,26-,27+/m1/s1. The maximum Gasteiger partial charge on any atom is 0.309 e. The topological polar surface area (TPSA) is 54.4 Å². The molecule has 0 aromatic carbocycles. The molecule has 5 saturated carbocycles. The van der Waals surface area contributed by atoms with Crippen LogP contribution in [-0.2, 0) is 9.59 Å². The molecule has 0 saturated heterocycles. The van der Waals surface area contributed by atoms with Crippen LogP contribution < -0.4 is 0 Å². The Morgan fingerprint density at radius 3 is 2.23 bits per heavy atom. The minimum Gasteiger partial charge on any atom is -0.481 e. The number of ketones is 1. The van der Waals surface area contributed by atoms with Crippen LogP contribution in [0.15, 0.2) is 0 Å². The first kappa shape index (κ1) is 21.0. The summed E-state index contributed by atoms with van der Waals surface area (Å²) in [6.07, 6.45) is 11.7. The van der Waals surface area contributed by atoms with Crippen molar-refractivity contribution in [3.8, 4) is 0 Å². The van der Waals surface area contributed by atoms with Crippen LogP contribution in [0.5, 0.6) is 0 Å². The largest absolute Gasteiger partial charge is 0.481 e. The number of hydrogen-bond acceptors (Lipinski definition) is 2. The molecule has 5 aliphatic rings. The average Bonchev–Trinajstić information content (AvgIpc) is 3.11. The second-order valence-electron chi connectivity index (χ2n) is 13.3. The summed E-state index contributed by atoms with van der Waals surface area (Å²) in [6.45, 7) is 12.1. The van der Waals surface area contributed by atoms with E-state index in [2.05, 4.69) is 34.6 Å². The lowest BCUT2D eigenvalue weighted by Gasteiger charge is -2.72. The highest BCUT2D eigenvalue weighted by molar-refractivity contribution is 5.85. The van der Waals surface area contributed by atoms with E-state index in [1.165, 1.54) is 25.7 Å². The van der Waals surface area contributed by atoms with Gasteiger partial charge in [-0.15, -0.1) is 0 Å². The molecule has 8 atom stereocenters. The molecule has 30 heavy (non-hydrogen) atoms. The number of aliphatic carboxylic acids is 1. The van der Waals surface area contributed by atoms with Crippen molar-refractivity contribution in [3.05, 3.63) is 0 Å². The van der Waals surface area contributed by atoms with Gasteiger partial charge in [0.05, 0.1) is 5.41 Å². The summed E-state index contributed by atoms with van der Waals surface area (Å²) in [6, 6.07) is 0. The van der Waals surface area contributed by atoms with Crippen molar-refractivity contribution in [1.82, 2.24) is 0 Å². The molecule has 0 radical (unpaired) electrons. The first-order valence-corrected chi connectivity index (χ1v) is 12.7. The molecule has 1 N–H and O–H groups in total. The molecule has 0 spiro atoms. The van der Waals surface area contributed by atoms with Gasteiger partial charge >= 0.3 is 5.97 Å². The predicted molar refractivity (Wildman–Crippen MR) is 118 cm³/mol. The third-order valence-corrected chi connectivity index (χ3v) is 12.5. The van der Waals surface area contributed by atoms with Gasteiger partial charge in [0, 0.05) is 11.8 Å². The number of Topliss-reactive ketones (excluding diaryl/α,β-unsaturated/α-hetero) is 1. The van der Waals surface area contributed by atoms with Crippen molar-refractivity contribution in [2.75, 3.05) is 0 Å². The van der Waals surface area contributed by atoms with E-state index in [0.717, 1.165) is 44.9 Å². The smallest absolute Gasteiger partial charge is 0.309 e. The maximum absolute atomic E-state index is 12.8. The van der Waals surface area contributed by atoms with E-state index in [0.29, 0.717) is 29.5 Å². The quantitative estimate of drug-likeness (QED) is 0.533. The van der Waals surface area contributed by atoms with Gasteiger partial charge in [0.15, 0.2) is 0 Å². The molecule has 3 heteroatoms. The Balaban J connectivity index is 1.54. The van der Waals surface area contributed by atoms with Gasteiger partial charge < -0.3 is 5.11 Å². The fourth-order valence-electron chi connectivity index (χ4n) is 10.7. The molecule has 0 heterocycles. The van der Waals surface area contributed by atoms with Gasteiger partial charge in [-0.3, -0.25) is 9.59 Å². The highest BCUT2D eigenvalue weighted by atomic mass is 16.4. The number of hydrogen-bond donors (Lipinski definition) is 1. The van der Waals surface area contributed by atoms with E-state index >= 15 is 0 Å². The van der Waals surface area contributed by atoms with Crippen molar-refractivity contribution in [2.45, 2.75) is 105 Å². The molecule has 5 rings (SSSR count). The van der Waals surface area contributed by atoms with Crippen LogP contribution in [0.2, 0.25) is 0 Å². The Morgan fingerprint density at radius 1 is 0.800 bits per heavy atom. The van der Waals surface area contributed by atoms with Gasteiger partial charge in [-0.05, 0) is 97.7 Å². The van der Waals surface area contributed by atoms with Gasteiger partial charge in [-0.25, -0.2) is 0 Å². The van der Waals surface area contributed by atoms with Crippen LogP contribution in [0.1, 0.15) is 105 Å². The highest BCUT2D eigenvalue weighted by Crippen LogP contribution is 2.76. The molecule has 0 aliphatic heterocycles. The van der Waals surface area contributed by atoms with Crippen molar-refractivity contribution < 1.29 is 14.7 Å². The first-order chi connectivity index (χ1) is 13.9. The predicted octanol–water partition coefficient (Wildman–Crippen LogP) is 6.50. The van der Waals surface area contributed by atoms with Crippen LogP contribution >= 0.6 is 0 Å². The molecule has 5 fully saturated rings. The molecule has 3 nitrogen and oxygen atoms in total. The monoisotopic (exact) mass is 414 g/mol. The minimum atomic E-state index is -0.512. The molecule has 0 bridgehead atoms. The maximum atomic E-state index is 12.8. The van der Waals surface area contributed by atoms with Gasteiger partial charge in [0.25, 0.3) is 0 Å². The lowest BCUT2D eigenvalue weighted by molar-refractivity contribution is -0.232. The van der Waals surface area contributed by atoms with Crippen LogP contribution in [0.4, 0.5) is 0 Å². The molecule has 3 unspecified atom stereocenters. The van der Waals surface area contributed by atoms with E-state index in [4.69, 9.17) is 0 Å². The SMILES string of the molecule is CC1(C)C(=O)CC[C@@]2(C)C1CC[C@]1(C)[C@@H]2CCC2C3CCC[C@]3(C(=O)O)CC[C@]21C. The third kappa shape index (κ3) is 2.23. The summed E-state index contributed by atoms with van der Waals surface area (Å²) in [5.41, 5.74) is 0.125. The zero-order chi connectivity index (χ0) is 21.7. The van der Waals surface area contributed by atoms with Gasteiger partial charge in [-0.1, -0.05) is 41.0 Å². The average molecular weight is 415 g/mol. The van der Waals surface area contributed by atoms with E-state index in [-0.39, 0.29) is 21.7 Å². The van der Waals surface area contributed by atoms with E-state index < -0.39 is 11.4 Å². The molecule has 168 valence electrons. The molecule has 0 amide bonds. The van der Waals surface area contributed by atoms with Gasteiger partial charge in [0.1, 0.15) is 5.78 Å². The van der Waals surface area contributed by atoms with E-state index in [1.54, 1.807) is 0 Å². The normalized spacial score (nSPS) is 54.5. The van der Waals surface area contributed by atoms with Gasteiger partial charge in [-0.2, -0.15) is 0 Å².